The van der Waals surface area contributed by atoms with Crippen molar-refractivity contribution in [2.24, 2.45) is 7.05 Å². The summed E-state index contributed by atoms with van der Waals surface area (Å²) in [6.07, 6.45) is 0.0210. The molecule has 1 atom stereocenters. The lowest BCUT2D eigenvalue weighted by atomic mass is 9.96. The van der Waals surface area contributed by atoms with Crippen molar-refractivity contribution in [3.8, 4) is 11.1 Å². The number of aromatic nitrogens is 1. The van der Waals surface area contributed by atoms with Crippen molar-refractivity contribution in [3.05, 3.63) is 100.0 Å². The predicted octanol–water partition coefficient (Wildman–Crippen LogP) is 5.65. The number of nitrogens with zero attached hydrogens (tertiary/aromatic N) is 1. The first-order valence-electron chi connectivity index (χ1n) is 12.1. The van der Waals surface area contributed by atoms with Crippen LogP contribution in [-0.2, 0) is 23.0 Å². The Morgan fingerprint density at radius 3 is 2.25 bits per heavy atom. The molecule has 0 aliphatic carbocycles. The van der Waals surface area contributed by atoms with E-state index in [0.717, 1.165) is 28.8 Å². The molecular weight excluding hydrogens is 452 g/mol. The molecule has 0 fully saturated rings. The van der Waals surface area contributed by atoms with E-state index in [0.29, 0.717) is 16.3 Å². The molecule has 0 aliphatic rings. The van der Waals surface area contributed by atoms with Gasteiger partial charge in [-0.1, -0.05) is 80.6 Å². The van der Waals surface area contributed by atoms with Gasteiger partial charge in [-0.3, -0.25) is 9.59 Å². The van der Waals surface area contributed by atoms with Gasteiger partial charge in [-0.25, -0.2) is 4.79 Å². The number of esters is 1. The van der Waals surface area contributed by atoms with E-state index >= 15 is 0 Å². The Bertz CT molecular complexity index is 1490. The molecule has 0 radical (unpaired) electrons. The first kappa shape index (κ1) is 24.9. The van der Waals surface area contributed by atoms with Crippen molar-refractivity contribution in [2.75, 3.05) is 5.32 Å². The van der Waals surface area contributed by atoms with Crippen molar-refractivity contribution in [3.63, 3.8) is 0 Å². The molecule has 184 valence electrons. The number of benzene rings is 3. The fraction of sp³-hybridized carbons (Fsp3) is 0.233. The highest BCUT2D eigenvalue weighted by atomic mass is 16.5. The first-order valence-corrected chi connectivity index (χ1v) is 12.1. The second kappa shape index (κ2) is 10.6. The van der Waals surface area contributed by atoms with Crippen LogP contribution in [-0.4, -0.2) is 22.5 Å². The Kier molecular flexibility index (Phi) is 7.34. The van der Waals surface area contributed by atoms with Gasteiger partial charge in [-0.2, -0.15) is 0 Å². The number of para-hydroxylation sites is 1. The Balaban J connectivity index is 1.75. The third-order valence-electron chi connectivity index (χ3n) is 6.46. The van der Waals surface area contributed by atoms with Crippen LogP contribution in [0.2, 0.25) is 0 Å². The van der Waals surface area contributed by atoms with Gasteiger partial charge in [-0.15, -0.1) is 0 Å². The third kappa shape index (κ3) is 4.67. The summed E-state index contributed by atoms with van der Waals surface area (Å²) in [5.74, 6) is -1.12. The van der Waals surface area contributed by atoms with E-state index in [1.807, 2.05) is 74.5 Å². The summed E-state index contributed by atoms with van der Waals surface area (Å²) in [6.45, 7) is 5.74. The number of carbonyl (C=O) groups is 2. The molecular formula is C30H30N2O4. The fourth-order valence-electron chi connectivity index (χ4n) is 4.51. The minimum atomic E-state index is -1.02. The lowest BCUT2D eigenvalue weighted by Gasteiger charge is -2.21. The third-order valence-corrected chi connectivity index (χ3v) is 6.46. The van der Waals surface area contributed by atoms with Crippen LogP contribution in [0.25, 0.3) is 21.9 Å². The highest BCUT2D eigenvalue weighted by Crippen LogP contribution is 2.31. The number of rotatable bonds is 7. The van der Waals surface area contributed by atoms with Crippen LogP contribution in [0.5, 0.6) is 0 Å². The summed E-state index contributed by atoms with van der Waals surface area (Å²) in [4.78, 5) is 40.0. The van der Waals surface area contributed by atoms with E-state index in [4.69, 9.17) is 4.74 Å². The number of nitrogens with one attached hydrogen (secondary N) is 1. The van der Waals surface area contributed by atoms with Crippen LogP contribution in [0.1, 0.15) is 41.9 Å². The molecule has 1 heterocycles. The molecule has 1 amide bonds. The number of aryl methyl sites for hydroxylation is 2. The zero-order valence-electron chi connectivity index (χ0n) is 21.0. The van der Waals surface area contributed by atoms with Crippen molar-refractivity contribution < 1.29 is 14.3 Å². The molecule has 1 aromatic heterocycles. The van der Waals surface area contributed by atoms with Crippen LogP contribution in [0, 0.1) is 6.92 Å². The number of carbonyl (C=O) groups excluding carboxylic acids is 2. The van der Waals surface area contributed by atoms with Gasteiger partial charge in [0.25, 0.3) is 11.5 Å². The van der Waals surface area contributed by atoms with Gasteiger partial charge < -0.3 is 14.6 Å². The monoisotopic (exact) mass is 482 g/mol. The van der Waals surface area contributed by atoms with E-state index in [1.165, 1.54) is 4.57 Å². The fourth-order valence-corrected chi connectivity index (χ4v) is 4.51. The molecule has 1 N–H and O–H groups in total. The SMILES string of the molecule is CCc1cccc(C)c1NC(=O)C(CC)OC(=O)c1c(-c2ccccc2)c2ccccc2c(=O)n1C. The summed E-state index contributed by atoms with van der Waals surface area (Å²) in [5.41, 5.74) is 3.87. The summed E-state index contributed by atoms with van der Waals surface area (Å²) in [6, 6.07) is 22.5. The minimum absolute atomic E-state index is 0.112. The van der Waals surface area contributed by atoms with Crippen molar-refractivity contribution in [2.45, 2.75) is 39.7 Å². The van der Waals surface area contributed by atoms with Crippen LogP contribution in [0.15, 0.2) is 77.6 Å². The van der Waals surface area contributed by atoms with E-state index in [2.05, 4.69) is 5.32 Å². The lowest BCUT2D eigenvalue weighted by Crippen LogP contribution is -2.34. The summed E-state index contributed by atoms with van der Waals surface area (Å²) in [7, 11) is 1.56. The van der Waals surface area contributed by atoms with Crippen LogP contribution in [0.4, 0.5) is 5.69 Å². The van der Waals surface area contributed by atoms with Crippen LogP contribution < -0.4 is 10.9 Å². The Labute approximate surface area is 210 Å². The first-order chi connectivity index (χ1) is 17.4. The maximum Gasteiger partial charge on any atom is 0.356 e. The van der Waals surface area contributed by atoms with Crippen molar-refractivity contribution in [1.82, 2.24) is 4.57 Å². The molecule has 6 heteroatoms. The zero-order valence-corrected chi connectivity index (χ0v) is 21.0. The van der Waals surface area contributed by atoms with Crippen LogP contribution >= 0.6 is 0 Å². The standard InChI is InChI=1S/C30H30N2O4/c1-5-20-16-12-13-19(3)26(20)31-28(33)24(6-2)36-30(35)27-25(21-14-8-7-9-15-21)22-17-10-11-18-23(22)29(34)32(27)4/h7-18,24H,5-6H2,1-4H3,(H,31,33). The summed E-state index contributed by atoms with van der Waals surface area (Å²) in [5, 5.41) is 4.12. The average molecular weight is 483 g/mol. The van der Waals surface area contributed by atoms with Gasteiger partial charge in [0.1, 0.15) is 5.69 Å². The Hall–Kier alpha value is -4.19. The molecule has 0 bridgehead atoms. The van der Waals surface area contributed by atoms with E-state index < -0.39 is 18.0 Å². The van der Waals surface area contributed by atoms with E-state index in [9.17, 15) is 14.4 Å². The lowest BCUT2D eigenvalue weighted by molar-refractivity contribution is -0.124. The van der Waals surface area contributed by atoms with Gasteiger partial charge in [0.2, 0.25) is 0 Å². The van der Waals surface area contributed by atoms with Gasteiger partial charge in [0.05, 0.1) is 0 Å². The minimum Gasteiger partial charge on any atom is -0.448 e. The Morgan fingerprint density at radius 1 is 0.917 bits per heavy atom. The van der Waals surface area contributed by atoms with Gasteiger partial charge in [0, 0.05) is 23.7 Å². The molecule has 4 aromatic rings. The maximum absolute atomic E-state index is 13.6. The smallest absolute Gasteiger partial charge is 0.356 e. The predicted molar refractivity (Wildman–Crippen MR) is 143 cm³/mol. The molecule has 36 heavy (non-hydrogen) atoms. The van der Waals surface area contributed by atoms with E-state index in [-0.39, 0.29) is 17.7 Å². The molecule has 0 saturated carbocycles. The number of pyridine rings is 1. The Morgan fingerprint density at radius 2 is 1.58 bits per heavy atom. The number of hydrogen-bond acceptors (Lipinski definition) is 4. The van der Waals surface area contributed by atoms with Crippen molar-refractivity contribution in [1.29, 1.82) is 0 Å². The van der Waals surface area contributed by atoms with Gasteiger partial charge in [0.15, 0.2) is 6.10 Å². The number of anilines is 1. The largest absolute Gasteiger partial charge is 0.448 e. The quantitative estimate of drug-likeness (QED) is 0.345. The summed E-state index contributed by atoms with van der Waals surface area (Å²) >= 11 is 0. The van der Waals surface area contributed by atoms with Crippen LogP contribution in [0.3, 0.4) is 0 Å². The number of fused-ring (bicyclic) bond motifs is 1. The van der Waals surface area contributed by atoms with Crippen molar-refractivity contribution >= 4 is 28.3 Å². The summed E-state index contributed by atoms with van der Waals surface area (Å²) < 4.78 is 7.08. The number of hydrogen-bond donors (Lipinski definition) is 1. The maximum atomic E-state index is 13.6. The number of amides is 1. The normalized spacial score (nSPS) is 11.8. The molecule has 0 spiro atoms. The van der Waals surface area contributed by atoms with Gasteiger partial charge in [-0.05, 0) is 47.9 Å². The number of ether oxygens (including phenoxy) is 1. The average Bonchev–Trinajstić information content (AvgIpc) is 2.90. The molecule has 4 rings (SSSR count). The molecule has 0 saturated heterocycles. The second-order valence-corrected chi connectivity index (χ2v) is 8.75. The zero-order chi connectivity index (χ0) is 25.8. The highest BCUT2D eigenvalue weighted by molar-refractivity contribution is 6.07. The highest BCUT2D eigenvalue weighted by Gasteiger charge is 2.28. The topological polar surface area (TPSA) is 77.4 Å². The van der Waals surface area contributed by atoms with E-state index in [1.54, 1.807) is 26.1 Å². The molecule has 0 aliphatic heterocycles. The molecule has 3 aromatic carbocycles. The van der Waals surface area contributed by atoms with Gasteiger partial charge >= 0.3 is 5.97 Å². The molecule has 1 unspecified atom stereocenters. The second-order valence-electron chi connectivity index (χ2n) is 8.75. The molecule has 6 nitrogen and oxygen atoms in total.